The second-order valence-corrected chi connectivity index (χ2v) is 6.40. The van der Waals surface area contributed by atoms with Crippen LogP contribution >= 0.6 is 24.0 Å². The number of aliphatic imine (C=N–C) groups is 1. The number of aromatic nitrogens is 2. The van der Waals surface area contributed by atoms with Crippen LogP contribution in [-0.2, 0) is 6.54 Å². The average molecular weight is 508 g/mol. The Balaban J connectivity index is 0.00000300. The second-order valence-electron chi connectivity index (χ2n) is 6.40. The van der Waals surface area contributed by atoms with E-state index in [0.717, 1.165) is 55.9 Å². The monoisotopic (exact) mass is 508 g/mol. The molecule has 156 valence electrons. The van der Waals surface area contributed by atoms with Gasteiger partial charge in [-0.2, -0.15) is 0 Å². The van der Waals surface area contributed by atoms with Gasteiger partial charge in [0.05, 0.1) is 6.54 Å². The van der Waals surface area contributed by atoms with Crippen LogP contribution in [0.4, 0.5) is 5.95 Å². The summed E-state index contributed by atoms with van der Waals surface area (Å²) in [6.45, 7) is 11.2. The Hall–Kier alpha value is -2.36. The van der Waals surface area contributed by atoms with Gasteiger partial charge in [0, 0.05) is 50.7 Å². The first kappa shape index (κ1) is 22.9. The third-order valence-corrected chi connectivity index (χ3v) is 4.48. The lowest BCUT2D eigenvalue weighted by atomic mass is 10.2. The number of nitrogens with one attached hydrogen (secondary N) is 1. The molecule has 29 heavy (non-hydrogen) atoms. The van der Waals surface area contributed by atoms with E-state index < -0.39 is 0 Å². The van der Waals surface area contributed by atoms with E-state index in [2.05, 4.69) is 44.7 Å². The number of rotatable bonds is 7. The molecule has 0 saturated carbocycles. The number of nitrogens with zero attached hydrogens (tertiary/aromatic N) is 5. The molecule has 3 rings (SSSR count). The van der Waals surface area contributed by atoms with Crippen LogP contribution < -0.4 is 15.0 Å². The van der Waals surface area contributed by atoms with Crippen molar-refractivity contribution in [3.8, 4) is 5.75 Å². The minimum Gasteiger partial charge on any atom is -0.489 e. The van der Waals surface area contributed by atoms with E-state index in [9.17, 15) is 0 Å². The molecule has 0 spiro atoms. The quantitative estimate of drug-likeness (QED) is 0.269. The third-order valence-electron chi connectivity index (χ3n) is 4.48. The molecule has 1 saturated heterocycles. The van der Waals surface area contributed by atoms with Crippen LogP contribution in [0.3, 0.4) is 0 Å². The summed E-state index contributed by atoms with van der Waals surface area (Å²) in [6.07, 6.45) is 5.32. The predicted octanol–water partition coefficient (Wildman–Crippen LogP) is 2.95. The van der Waals surface area contributed by atoms with E-state index in [1.807, 2.05) is 24.3 Å². The van der Waals surface area contributed by atoms with Gasteiger partial charge in [-0.1, -0.05) is 30.9 Å². The summed E-state index contributed by atoms with van der Waals surface area (Å²) in [5, 5.41) is 3.41. The lowest BCUT2D eigenvalue weighted by Crippen LogP contribution is -2.52. The summed E-state index contributed by atoms with van der Waals surface area (Å²) in [5.41, 5.74) is 1.07. The molecule has 0 atom stereocenters. The van der Waals surface area contributed by atoms with Gasteiger partial charge in [0.2, 0.25) is 5.95 Å². The number of anilines is 1. The van der Waals surface area contributed by atoms with Gasteiger partial charge < -0.3 is 19.9 Å². The van der Waals surface area contributed by atoms with E-state index >= 15 is 0 Å². The van der Waals surface area contributed by atoms with Crippen molar-refractivity contribution < 1.29 is 4.74 Å². The van der Waals surface area contributed by atoms with Crippen LogP contribution in [-0.4, -0.2) is 60.2 Å². The lowest BCUT2D eigenvalue weighted by molar-refractivity contribution is 0.358. The smallest absolute Gasteiger partial charge is 0.225 e. The Kier molecular flexibility index (Phi) is 9.69. The molecule has 0 aliphatic carbocycles. The highest BCUT2D eigenvalue weighted by Crippen LogP contribution is 2.19. The Labute approximate surface area is 189 Å². The normalized spacial score (nSPS) is 14.2. The van der Waals surface area contributed by atoms with Crippen molar-refractivity contribution in [3.05, 3.63) is 60.9 Å². The van der Waals surface area contributed by atoms with Gasteiger partial charge in [0.25, 0.3) is 0 Å². The Bertz CT molecular complexity index is 778. The summed E-state index contributed by atoms with van der Waals surface area (Å²) >= 11 is 0. The molecule has 2 heterocycles. The Morgan fingerprint density at radius 3 is 2.59 bits per heavy atom. The van der Waals surface area contributed by atoms with Crippen molar-refractivity contribution in [3.63, 3.8) is 0 Å². The number of para-hydroxylation sites is 1. The molecular weight excluding hydrogens is 479 g/mol. The van der Waals surface area contributed by atoms with E-state index in [4.69, 9.17) is 9.73 Å². The first-order valence-electron chi connectivity index (χ1n) is 9.68. The molecule has 0 unspecified atom stereocenters. The van der Waals surface area contributed by atoms with Crippen LogP contribution in [0.15, 0.2) is 60.4 Å². The van der Waals surface area contributed by atoms with Gasteiger partial charge in [-0.15, -0.1) is 24.0 Å². The maximum atomic E-state index is 5.75. The first-order chi connectivity index (χ1) is 13.8. The van der Waals surface area contributed by atoms with Gasteiger partial charge in [0.15, 0.2) is 5.96 Å². The molecular formula is C21H29IN6O. The molecule has 1 aliphatic heterocycles. The molecule has 1 fully saturated rings. The summed E-state index contributed by atoms with van der Waals surface area (Å²) in [7, 11) is 0. The van der Waals surface area contributed by atoms with Gasteiger partial charge in [-0.25, -0.2) is 15.0 Å². The zero-order chi connectivity index (χ0) is 19.6. The van der Waals surface area contributed by atoms with Crippen molar-refractivity contribution >= 4 is 35.9 Å². The van der Waals surface area contributed by atoms with Crippen LogP contribution in [0.25, 0.3) is 0 Å². The summed E-state index contributed by atoms with van der Waals surface area (Å²) in [4.78, 5) is 18.0. The van der Waals surface area contributed by atoms with E-state index in [0.29, 0.717) is 13.2 Å². The molecule has 8 heteroatoms. The zero-order valence-corrected chi connectivity index (χ0v) is 19.2. The highest BCUT2D eigenvalue weighted by Gasteiger charge is 2.21. The van der Waals surface area contributed by atoms with Crippen molar-refractivity contribution in [2.45, 2.75) is 13.5 Å². The largest absolute Gasteiger partial charge is 0.489 e. The molecule has 1 aromatic carbocycles. The molecule has 1 N–H and O–H groups in total. The molecule has 2 aromatic rings. The van der Waals surface area contributed by atoms with Crippen molar-refractivity contribution in [1.82, 2.24) is 20.2 Å². The number of guanidine groups is 1. The predicted molar refractivity (Wildman–Crippen MR) is 128 cm³/mol. The van der Waals surface area contributed by atoms with E-state index in [-0.39, 0.29) is 24.0 Å². The second kappa shape index (κ2) is 12.3. The number of benzene rings is 1. The lowest BCUT2D eigenvalue weighted by Gasteiger charge is -2.36. The van der Waals surface area contributed by atoms with Gasteiger partial charge in [0.1, 0.15) is 12.4 Å². The number of halogens is 1. The SMILES string of the molecule is C=CCOc1ccccc1CN=C(NCC)N1CCN(c2ncccn2)CC1.I. The number of piperazine rings is 1. The van der Waals surface area contributed by atoms with E-state index in [1.54, 1.807) is 18.5 Å². The number of hydrogen-bond donors (Lipinski definition) is 1. The zero-order valence-electron chi connectivity index (χ0n) is 16.8. The van der Waals surface area contributed by atoms with Crippen LogP contribution in [0, 0.1) is 0 Å². The molecule has 1 aromatic heterocycles. The fraction of sp³-hybridized carbons (Fsp3) is 0.381. The molecule has 1 aliphatic rings. The van der Waals surface area contributed by atoms with Crippen molar-refractivity contribution in [1.29, 1.82) is 0 Å². The standard InChI is InChI=1S/C21H28N6O.HI/c1-3-16-28-19-9-6-5-8-18(19)17-25-20(22-4-2)26-12-14-27(15-13-26)21-23-10-7-11-24-21;/h3,5-11H,1,4,12-17H2,2H3,(H,22,25);1H. The molecule has 0 radical (unpaired) electrons. The number of ether oxygens (including phenoxy) is 1. The third kappa shape index (κ3) is 6.59. The summed E-state index contributed by atoms with van der Waals surface area (Å²) in [5.74, 6) is 2.57. The van der Waals surface area contributed by atoms with Gasteiger partial charge in [-0.05, 0) is 19.1 Å². The van der Waals surface area contributed by atoms with Crippen LogP contribution in [0.2, 0.25) is 0 Å². The molecule has 0 amide bonds. The van der Waals surface area contributed by atoms with Crippen LogP contribution in [0.1, 0.15) is 12.5 Å². The minimum absolute atomic E-state index is 0. The Morgan fingerprint density at radius 1 is 1.17 bits per heavy atom. The summed E-state index contributed by atoms with van der Waals surface area (Å²) in [6, 6.07) is 9.85. The number of hydrogen-bond acceptors (Lipinski definition) is 5. The maximum absolute atomic E-state index is 5.75. The van der Waals surface area contributed by atoms with Gasteiger partial charge in [-0.3, -0.25) is 0 Å². The fourth-order valence-electron chi connectivity index (χ4n) is 3.08. The van der Waals surface area contributed by atoms with Gasteiger partial charge >= 0.3 is 0 Å². The highest BCUT2D eigenvalue weighted by molar-refractivity contribution is 14.0. The van der Waals surface area contributed by atoms with Crippen LogP contribution in [0.5, 0.6) is 5.75 Å². The molecule has 0 bridgehead atoms. The first-order valence-corrected chi connectivity index (χ1v) is 9.68. The fourth-order valence-corrected chi connectivity index (χ4v) is 3.08. The summed E-state index contributed by atoms with van der Waals surface area (Å²) < 4.78 is 5.75. The Morgan fingerprint density at radius 2 is 1.90 bits per heavy atom. The maximum Gasteiger partial charge on any atom is 0.225 e. The minimum atomic E-state index is 0. The average Bonchev–Trinajstić information content (AvgIpc) is 2.76. The highest BCUT2D eigenvalue weighted by atomic mass is 127. The molecule has 7 nitrogen and oxygen atoms in total. The van der Waals surface area contributed by atoms with Crippen molar-refractivity contribution in [2.75, 3.05) is 44.2 Å². The van der Waals surface area contributed by atoms with E-state index in [1.165, 1.54) is 0 Å². The topological polar surface area (TPSA) is 65.9 Å². The van der Waals surface area contributed by atoms with Crippen molar-refractivity contribution in [2.24, 2.45) is 4.99 Å².